The van der Waals surface area contributed by atoms with Crippen LogP contribution < -0.4 is 9.04 Å². The van der Waals surface area contributed by atoms with E-state index in [4.69, 9.17) is 4.74 Å². The quantitative estimate of drug-likeness (QED) is 0.649. The van der Waals surface area contributed by atoms with Gasteiger partial charge in [-0.05, 0) is 33.6 Å². The van der Waals surface area contributed by atoms with Crippen molar-refractivity contribution < 1.29 is 13.2 Å². The molecule has 7 nitrogen and oxygen atoms in total. The summed E-state index contributed by atoms with van der Waals surface area (Å²) in [5.74, 6) is 0.697. The van der Waals surface area contributed by atoms with Crippen LogP contribution in [-0.2, 0) is 16.6 Å². The second-order valence-corrected chi connectivity index (χ2v) is 8.00. The molecule has 0 radical (unpaired) electrons. The van der Waals surface area contributed by atoms with Crippen LogP contribution in [0.2, 0.25) is 0 Å². The Morgan fingerprint density at radius 2 is 2.00 bits per heavy atom. The van der Waals surface area contributed by atoms with Gasteiger partial charge in [0.25, 0.3) is 10.0 Å². The van der Waals surface area contributed by atoms with Gasteiger partial charge in [0.1, 0.15) is 5.82 Å². The summed E-state index contributed by atoms with van der Waals surface area (Å²) in [6, 6.07) is 10.2. The third kappa shape index (κ3) is 2.96. The van der Waals surface area contributed by atoms with E-state index in [1.54, 1.807) is 30.5 Å². The number of halogens is 1. The van der Waals surface area contributed by atoms with E-state index in [2.05, 4.69) is 30.9 Å². The topological polar surface area (TPSA) is 85.3 Å². The number of ether oxygens (including phenoxy) is 1. The van der Waals surface area contributed by atoms with Gasteiger partial charge in [-0.25, -0.2) is 17.7 Å². The highest BCUT2D eigenvalue weighted by molar-refractivity contribution is 9.10. The minimum Gasteiger partial charge on any atom is -0.423 e. The van der Waals surface area contributed by atoms with Crippen molar-refractivity contribution in [2.45, 2.75) is 11.4 Å². The fourth-order valence-corrected chi connectivity index (χ4v) is 4.47. The molecule has 0 unspecified atom stereocenters. The maximum Gasteiger partial charge on any atom is 0.323 e. The molecule has 9 heteroatoms. The summed E-state index contributed by atoms with van der Waals surface area (Å²) in [5.41, 5.74) is 0.736. The van der Waals surface area contributed by atoms with Crippen LogP contribution in [0, 0.1) is 0 Å². The number of fused-ring (bicyclic) bond motifs is 1. The van der Waals surface area contributed by atoms with Crippen LogP contribution >= 0.6 is 15.9 Å². The second kappa shape index (κ2) is 6.08. The number of hydrogen-bond acceptors (Lipinski definition) is 6. The van der Waals surface area contributed by atoms with Gasteiger partial charge in [0.05, 0.1) is 17.6 Å². The largest absolute Gasteiger partial charge is 0.423 e. The molecule has 126 valence electrons. The van der Waals surface area contributed by atoms with Gasteiger partial charge in [-0.2, -0.15) is 4.98 Å². The predicted octanol–water partition coefficient (Wildman–Crippen LogP) is 3.14. The third-order valence-electron chi connectivity index (χ3n) is 3.62. The van der Waals surface area contributed by atoms with E-state index in [-0.39, 0.29) is 18.4 Å². The van der Waals surface area contributed by atoms with Gasteiger partial charge in [-0.3, -0.25) is 4.98 Å². The highest BCUT2D eigenvalue weighted by atomic mass is 79.9. The molecule has 0 saturated carbocycles. The Bertz CT molecular complexity index is 1060. The fraction of sp³-hybridized carbons (Fsp3) is 0.0625. The van der Waals surface area contributed by atoms with E-state index in [9.17, 15) is 8.42 Å². The van der Waals surface area contributed by atoms with Crippen molar-refractivity contribution in [2.24, 2.45) is 0 Å². The molecule has 0 spiro atoms. The molecule has 0 saturated heterocycles. The zero-order valence-corrected chi connectivity index (χ0v) is 15.1. The molecule has 0 bridgehead atoms. The summed E-state index contributed by atoms with van der Waals surface area (Å²) < 4.78 is 33.0. The number of sulfonamides is 1. The van der Waals surface area contributed by atoms with Crippen molar-refractivity contribution in [2.75, 3.05) is 4.31 Å². The van der Waals surface area contributed by atoms with Gasteiger partial charge < -0.3 is 4.74 Å². The minimum atomic E-state index is -3.63. The summed E-state index contributed by atoms with van der Waals surface area (Å²) in [6.45, 7) is 0.230. The Morgan fingerprint density at radius 1 is 1.16 bits per heavy atom. The lowest BCUT2D eigenvalue weighted by molar-refractivity contribution is 0.440. The monoisotopic (exact) mass is 418 g/mol. The summed E-state index contributed by atoms with van der Waals surface area (Å²) in [5, 5.41) is 0. The Kier molecular flexibility index (Phi) is 3.89. The first-order valence-electron chi connectivity index (χ1n) is 7.26. The molecular weight excluding hydrogens is 408 g/mol. The number of aromatic nitrogens is 3. The lowest BCUT2D eigenvalue weighted by atomic mass is 10.2. The Hall–Kier alpha value is -2.52. The lowest BCUT2D eigenvalue weighted by Gasteiger charge is -2.16. The van der Waals surface area contributed by atoms with Gasteiger partial charge in [0.2, 0.25) is 0 Å². The van der Waals surface area contributed by atoms with Crippen LogP contribution in [0.1, 0.15) is 5.56 Å². The molecule has 1 aliphatic heterocycles. The van der Waals surface area contributed by atoms with Crippen molar-refractivity contribution >= 4 is 31.8 Å². The van der Waals surface area contributed by atoms with E-state index in [1.165, 1.54) is 22.8 Å². The average molecular weight is 419 g/mol. The van der Waals surface area contributed by atoms with Crippen LogP contribution in [0.3, 0.4) is 0 Å². The molecule has 2 aromatic heterocycles. The summed E-state index contributed by atoms with van der Waals surface area (Å²) in [4.78, 5) is 12.6. The third-order valence-corrected chi connectivity index (χ3v) is 5.90. The number of pyridine rings is 1. The number of nitrogens with zero attached hydrogens (tertiary/aromatic N) is 4. The van der Waals surface area contributed by atoms with Crippen molar-refractivity contribution in [3.63, 3.8) is 0 Å². The van der Waals surface area contributed by atoms with Gasteiger partial charge in [-0.15, -0.1) is 0 Å². The minimum absolute atomic E-state index is 0.0450. The van der Waals surface area contributed by atoms with Crippen molar-refractivity contribution in [1.82, 2.24) is 15.0 Å². The number of rotatable bonds is 3. The van der Waals surface area contributed by atoms with E-state index >= 15 is 0 Å². The van der Waals surface area contributed by atoms with Crippen molar-refractivity contribution in [1.29, 1.82) is 0 Å². The fourth-order valence-electron chi connectivity index (χ4n) is 2.52. The first-order chi connectivity index (χ1) is 12.0. The van der Waals surface area contributed by atoms with Crippen LogP contribution in [0.4, 0.5) is 5.82 Å². The molecule has 0 N–H and O–H groups in total. The summed E-state index contributed by atoms with van der Waals surface area (Å²) in [7, 11) is -3.63. The Morgan fingerprint density at radius 3 is 2.80 bits per heavy atom. The molecule has 3 heterocycles. The molecule has 0 atom stereocenters. The van der Waals surface area contributed by atoms with Crippen LogP contribution in [0.5, 0.6) is 11.8 Å². The molecule has 0 fully saturated rings. The zero-order valence-electron chi connectivity index (χ0n) is 12.7. The predicted molar refractivity (Wildman–Crippen MR) is 93.9 cm³/mol. The Labute approximate surface area is 152 Å². The van der Waals surface area contributed by atoms with E-state index in [0.29, 0.717) is 10.6 Å². The molecule has 25 heavy (non-hydrogen) atoms. The second-order valence-electron chi connectivity index (χ2n) is 5.26. The van der Waals surface area contributed by atoms with Crippen LogP contribution in [0.15, 0.2) is 64.4 Å². The highest BCUT2D eigenvalue weighted by Crippen LogP contribution is 2.34. The van der Waals surface area contributed by atoms with Crippen molar-refractivity contribution in [3.05, 3.63) is 65.0 Å². The first kappa shape index (κ1) is 16.0. The first-order valence-corrected chi connectivity index (χ1v) is 9.49. The molecule has 0 aliphatic carbocycles. The smallest absolute Gasteiger partial charge is 0.323 e. The van der Waals surface area contributed by atoms with Gasteiger partial charge >= 0.3 is 6.01 Å². The number of benzene rings is 1. The standard InChI is InChI=1S/C16H11BrN4O3S/c17-12-7-13(9-18-8-12)24-16-19-6-5-15(20-16)21-10-11-3-1-2-4-14(11)25(21,22)23/h1-9H,10H2. The van der Waals surface area contributed by atoms with Gasteiger partial charge in [-0.1, -0.05) is 18.2 Å². The zero-order chi connectivity index (χ0) is 17.4. The van der Waals surface area contributed by atoms with Crippen LogP contribution in [-0.4, -0.2) is 23.4 Å². The maximum atomic E-state index is 12.7. The SMILES string of the molecule is O=S1(=O)c2ccccc2CN1c1ccnc(Oc2cncc(Br)c2)n1. The van der Waals surface area contributed by atoms with Crippen molar-refractivity contribution in [3.8, 4) is 11.8 Å². The number of hydrogen-bond donors (Lipinski definition) is 0. The highest BCUT2D eigenvalue weighted by Gasteiger charge is 2.35. The number of anilines is 1. The average Bonchev–Trinajstić information content (AvgIpc) is 2.87. The molecule has 1 aromatic carbocycles. The summed E-state index contributed by atoms with van der Waals surface area (Å²) >= 11 is 3.30. The maximum absolute atomic E-state index is 12.7. The van der Waals surface area contributed by atoms with Crippen LogP contribution in [0.25, 0.3) is 0 Å². The van der Waals surface area contributed by atoms with E-state index < -0.39 is 10.0 Å². The molecule has 3 aromatic rings. The molecule has 1 aliphatic rings. The molecule has 4 rings (SSSR count). The van der Waals surface area contributed by atoms with Gasteiger partial charge in [0.15, 0.2) is 5.75 Å². The Balaban J connectivity index is 1.67. The summed E-state index contributed by atoms with van der Waals surface area (Å²) in [6.07, 6.45) is 4.60. The van der Waals surface area contributed by atoms with E-state index in [0.717, 1.165) is 10.0 Å². The van der Waals surface area contributed by atoms with E-state index in [1.807, 2.05) is 6.07 Å². The normalized spacial score (nSPS) is 15.0. The van der Waals surface area contributed by atoms with Gasteiger partial charge in [0, 0.05) is 22.9 Å². The lowest BCUT2D eigenvalue weighted by Crippen LogP contribution is -2.24. The molecule has 0 amide bonds. The molecular formula is C16H11BrN4O3S.